The van der Waals surface area contributed by atoms with Crippen LogP contribution in [-0.2, 0) is 15.0 Å². The Labute approximate surface area is 245 Å². The molecule has 42 heavy (non-hydrogen) atoms. The minimum absolute atomic E-state index is 0.0844. The van der Waals surface area contributed by atoms with Crippen LogP contribution in [0, 0.1) is 10.1 Å². The van der Waals surface area contributed by atoms with Gasteiger partial charge in [-0.05, 0) is 84.6 Å². The molecular weight excluding hydrogens is 540 g/mol. The van der Waals surface area contributed by atoms with E-state index >= 15 is 0 Å². The summed E-state index contributed by atoms with van der Waals surface area (Å²) in [7, 11) is 0. The van der Waals surface area contributed by atoms with E-state index in [-0.39, 0.29) is 41.1 Å². The Morgan fingerprint density at radius 3 is 2.60 bits per heavy atom. The number of aromatic nitrogens is 3. The molecule has 4 rings (SSSR count). The summed E-state index contributed by atoms with van der Waals surface area (Å²) in [5, 5.41) is 19.3. The number of ether oxygens (including phenoxy) is 3. The molecule has 0 spiro atoms. The monoisotopic (exact) mass is 580 g/mol. The number of rotatable bonds is 11. The zero-order valence-electron chi connectivity index (χ0n) is 24.8. The van der Waals surface area contributed by atoms with E-state index < -0.39 is 11.1 Å². The Balaban J connectivity index is 1.40. The van der Waals surface area contributed by atoms with Crippen LogP contribution in [0.2, 0.25) is 0 Å². The number of pyridine rings is 1. The second kappa shape index (κ2) is 13.3. The maximum Gasteiger partial charge on any atom is 0.514 e. The number of hydrogen-bond acceptors (Lipinski definition) is 10. The smallest absolute Gasteiger partial charge is 0.431 e. The third-order valence-corrected chi connectivity index (χ3v) is 7.09. The van der Waals surface area contributed by atoms with Crippen molar-refractivity contribution in [3.63, 3.8) is 0 Å². The van der Waals surface area contributed by atoms with Crippen molar-refractivity contribution in [1.29, 1.82) is 0 Å². The summed E-state index contributed by atoms with van der Waals surface area (Å²) in [5.74, 6) is 1.14. The van der Waals surface area contributed by atoms with Crippen molar-refractivity contribution >= 4 is 23.3 Å². The Bertz CT molecular complexity index is 1370. The first-order valence-electron chi connectivity index (χ1n) is 14.2. The maximum absolute atomic E-state index is 12.4. The summed E-state index contributed by atoms with van der Waals surface area (Å²) < 4.78 is 18.7. The van der Waals surface area contributed by atoms with Gasteiger partial charge in [-0.15, -0.1) is 0 Å². The van der Waals surface area contributed by atoms with E-state index in [2.05, 4.69) is 37.1 Å². The lowest BCUT2D eigenvalue weighted by Crippen LogP contribution is -2.25. The summed E-state index contributed by atoms with van der Waals surface area (Å²) in [6.45, 7) is 10.8. The highest BCUT2D eigenvalue weighted by atomic mass is 16.7. The van der Waals surface area contributed by atoms with Gasteiger partial charge in [-0.1, -0.05) is 0 Å². The van der Waals surface area contributed by atoms with Gasteiger partial charge in [0.15, 0.2) is 0 Å². The first-order chi connectivity index (χ1) is 19.9. The normalized spacial score (nSPS) is 18.3. The molecule has 3 aromatic rings. The molecule has 0 radical (unpaired) electrons. The van der Waals surface area contributed by atoms with Crippen molar-refractivity contribution in [2.24, 2.45) is 5.73 Å². The van der Waals surface area contributed by atoms with E-state index in [1.165, 1.54) is 24.3 Å². The lowest BCUT2D eigenvalue weighted by molar-refractivity contribution is -0.384. The molecule has 0 unspecified atom stereocenters. The van der Waals surface area contributed by atoms with Gasteiger partial charge in [0, 0.05) is 48.6 Å². The fourth-order valence-electron chi connectivity index (χ4n) is 4.82. The highest BCUT2D eigenvalue weighted by molar-refractivity contribution is 5.64. The van der Waals surface area contributed by atoms with Crippen LogP contribution in [0.1, 0.15) is 83.7 Å². The molecule has 0 aliphatic heterocycles. The van der Waals surface area contributed by atoms with Crippen LogP contribution in [-0.4, -0.2) is 44.6 Å². The molecule has 1 aliphatic rings. The van der Waals surface area contributed by atoms with Crippen molar-refractivity contribution in [3.05, 3.63) is 70.2 Å². The zero-order chi connectivity index (χ0) is 30.4. The fourth-order valence-corrected chi connectivity index (χ4v) is 4.82. The van der Waals surface area contributed by atoms with Gasteiger partial charge in [0.2, 0.25) is 0 Å². The summed E-state index contributed by atoms with van der Waals surface area (Å²) in [5.41, 5.74) is 8.09. The van der Waals surface area contributed by atoms with Crippen LogP contribution in [0.25, 0.3) is 0 Å². The van der Waals surface area contributed by atoms with Crippen LogP contribution in [0.4, 0.5) is 22.0 Å². The van der Waals surface area contributed by atoms with Gasteiger partial charge in [-0.3, -0.25) is 15.1 Å². The molecule has 2 aromatic heterocycles. The number of nitro groups is 1. The molecule has 1 aromatic carbocycles. The average Bonchev–Trinajstić information content (AvgIpc) is 3.56. The van der Waals surface area contributed by atoms with E-state index in [4.69, 9.17) is 25.0 Å². The average molecular weight is 581 g/mol. The second-order valence-electron chi connectivity index (χ2n) is 11.8. The van der Waals surface area contributed by atoms with Gasteiger partial charge in [-0.25, -0.2) is 9.48 Å². The van der Waals surface area contributed by atoms with Crippen LogP contribution in [0.3, 0.4) is 0 Å². The van der Waals surface area contributed by atoms with E-state index in [1.54, 1.807) is 6.20 Å². The highest BCUT2D eigenvalue weighted by Gasteiger charge is 2.32. The second-order valence-corrected chi connectivity index (χ2v) is 11.8. The summed E-state index contributed by atoms with van der Waals surface area (Å²) in [6, 6.07) is 11.3. The largest absolute Gasteiger partial charge is 0.514 e. The molecule has 3 N–H and O–H groups in total. The lowest BCUT2D eigenvalue weighted by Gasteiger charge is -2.23. The summed E-state index contributed by atoms with van der Waals surface area (Å²) in [6.07, 6.45) is 3.33. The first-order valence-corrected chi connectivity index (χ1v) is 14.2. The van der Waals surface area contributed by atoms with Crippen LogP contribution in [0.5, 0.6) is 5.75 Å². The van der Waals surface area contributed by atoms with Gasteiger partial charge in [0.25, 0.3) is 5.69 Å². The summed E-state index contributed by atoms with van der Waals surface area (Å²) >= 11 is 0. The Morgan fingerprint density at radius 1 is 1.19 bits per heavy atom. The predicted octanol–water partition coefficient (Wildman–Crippen LogP) is 6.35. The van der Waals surface area contributed by atoms with E-state index in [9.17, 15) is 14.9 Å². The van der Waals surface area contributed by atoms with Gasteiger partial charge in [-0.2, -0.15) is 5.10 Å². The van der Waals surface area contributed by atoms with Crippen molar-refractivity contribution in [2.45, 2.75) is 90.0 Å². The molecule has 1 fully saturated rings. The van der Waals surface area contributed by atoms with Crippen molar-refractivity contribution in [3.8, 4) is 5.75 Å². The third-order valence-electron chi connectivity index (χ3n) is 7.09. The number of nitrogens with one attached hydrogen (secondary N) is 1. The highest BCUT2D eigenvalue weighted by Crippen LogP contribution is 2.38. The van der Waals surface area contributed by atoms with Crippen molar-refractivity contribution in [1.82, 2.24) is 14.8 Å². The first kappa shape index (κ1) is 30.9. The molecule has 4 atom stereocenters. The number of nitrogens with zero attached hydrogens (tertiary/aromatic N) is 4. The SMILES string of the molecule is C[C@H](N)CCO[C@@H](C)c1cc(Nc2cc([C@H]3CC[C@@H](OC(=O)Oc4ccc([N+](=O)[O-])cc4)C3)nn2C(C)(C)C)ccn1. The molecule has 12 heteroatoms. The molecule has 2 heterocycles. The quantitative estimate of drug-likeness (QED) is 0.113. The van der Waals surface area contributed by atoms with Gasteiger partial charge < -0.3 is 25.3 Å². The Morgan fingerprint density at radius 2 is 1.93 bits per heavy atom. The van der Waals surface area contributed by atoms with Gasteiger partial charge in [0.05, 0.1) is 28.0 Å². The lowest BCUT2D eigenvalue weighted by atomic mass is 10.0. The van der Waals surface area contributed by atoms with Crippen molar-refractivity contribution in [2.75, 3.05) is 11.9 Å². The number of carbonyl (C=O) groups excluding carboxylic acids is 1. The third kappa shape index (κ3) is 8.26. The molecule has 1 aliphatic carbocycles. The number of hydrogen-bond donors (Lipinski definition) is 2. The number of nitro benzene ring substituents is 1. The molecule has 1 saturated carbocycles. The van der Waals surface area contributed by atoms with Crippen LogP contribution in [0.15, 0.2) is 48.7 Å². The minimum atomic E-state index is -0.832. The fraction of sp³-hybridized carbons (Fsp3) is 0.500. The summed E-state index contributed by atoms with van der Waals surface area (Å²) in [4.78, 5) is 27.2. The number of benzene rings is 1. The van der Waals surface area contributed by atoms with Crippen molar-refractivity contribution < 1.29 is 23.9 Å². The van der Waals surface area contributed by atoms with Crippen LogP contribution >= 0.6 is 0 Å². The van der Waals surface area contributed by atoms with E-state index in [0.717, 1.165) is 35.7 Å². The number of anilines is 2. The maximum atomic E-state index is 12.4. The minimum Gasteiger partial charge on any atom is -0.431 e. The van der Waals surface area contributed by atoms with Crippen LogP contribution < -0.4 is 15.8 Å². The predicted molar refractivity (Wildman–Crippen MR) is 158 cm³/mol. The molecule has 226 valence electrons. The molecule has 0 amide bonds. The van der Waals surface area contributed by atoms with Gasteiger partial charge >= 0.3 is 6.16 Å². The topological polar surface area (TPSA) is 157 Å². The number of nitrogens with two attached hydrogens (primary N) is 1. The molecule has 0 bridgehead atoms. The van der Waals surface area contributed by atoms with E-state index in [0.29, 0.717) is 19.4 Å². The zero-order valence-corrected chi connectivity index (χ0v) is 24.8. The van der Waals surface area contributed by atoms with Gasteiger partial charge in [0.1, 0.15) is 17.7 Å². The molecule has 0 saturated heterocycles. The number of carbonyl (C=O) groups is 1. The Kier molecular flexibility index (Phi) is 9.79. The van der Waals surface area contributed by atoms with E-state index in [1.807, 2.05) is 30.7 Å². The Hall–Kier alpha value is -4.03. The standard InChI is InChI=1S/C30H40N6O6/c1-19(31)13-15-40-20(2)26-17-22(12-14-32-26)33-28-18-27(34-35(28)30(3,4)5)21-6-9-25(16-21)42-29(37)41-24-10-7-23(8-11-24)36(38)39/h7-8,10-12,14,17-21,25H,6,9,13,15-16,31H2,1-5H3,(H,32,33)/t19-,20-,21-,25+/m0/s1. The molecule has 12 nitrogen and oxygen atoms in total. The molecular formula is C30H40N6O6. The number of non-ortho nitro benzene ring substituents is 1.